The summed E-state index contributed by atoms with van der Waals surface area (Å²) in [6.07, 6.45) is -1.33. The number of aryl methyl sites for hydroxylation is 2. The third kappa shape index (κ3) is 4.11. The molecule has 3 heterocycles. The largest absolute Gasteiger partial charge is 0.497 e. The van der Waals surface area contributed by atoms with Gasteiger partial charge in [0, 0.05) is 29.9 Å². The lowest BCUT2D eigenvalue weighted by atomic mass is 10.1. The molecular weight excluding hydrogens is 456 g/mol. The number of methoxy groups -OCH3 is 1. The smallest absolute Gasteiger partial charge is 0.334 e. The molecule has 2 aromatic carbocycles. The molecule has 0 spiro atoms. The van der Waals surface area contributed by atoms with Gasteiger partial charge < -0.3 is 9.47 Å². The summed E-state index contributed by atoms with van der Waals surface area (Å²) in [5, 5.41) is 5.35. The number of ether oxygens (including phenoxy) is 2. The van der Waals surface area contributed by atoms with Crippen molar-refractivity contribution < 1.29 is 27.2 Å². The number of anilines is 3. The SMILES string of the molecule is [2H]C([2H])([2H])Oc1ccc(N2C(=O)N(c3ccc4nn(C)c(C)c4c3)Cc3ncc(OCC(F)F)cc32)cc1. The van der Waals surface area contributed by atoms with Gasteiger partial charge in [0.2, 0.25) is 0 Å². The number of fused-ring (bicyclic) bond motifs is 2. The summed E-state index contributed by atoms with van der Waals surface area (Å²) >= 11 is 0. The Morgan fingerprint density at radius 2 is 1.89 bits per heavy atom. The number of alkyl halides is 2. The van der Waals surface area contributed by atoms with E-state index in [2.05, 4.69) is 10.1 Å². The van der Waals surface area contributed by atoms with Gasteiger partial charge in [0.1, 0.15) is 18.1 Å². The van der Waals surface area contributed by atoms with Crippen LogP contribution in [0.3, 0.4) is 0 Å². The fraction of sp³-hybridized carbons (Fsp3) is 0.240. The van der Waals surface area contributed by atoms with E-state index in [1.165, 1.54) is 41.4 Å². The summed E-state index contributed by atoms with van der Waals surface area (Å²) < 4.78 is 59.2. The minimum absolute atomic E-state index is 0.0880. The molecule has 0 fully saturated rings. The molecule has 0 N–H and O–H groups in total. The van der Waals surface area contributed by atoms with E-state index in [0.717, 1.165) is 16.6 Å². The van der Waals surface area contributed by atoms with E-state index in [4.69, 9.17) is 13.6 Å². The highest BCUT2D eigenvalue weighted by atomic mass is 19.3. The molecule has 35 heavy (non-hydrogen) atoms. The Balaban J connectivity index is 1.57. The van der Waals surface area contributed by atoms with E-state index in [1.807, 2.05) is 26.1 Å². The lowest BCUT2D eigenvalue weighted by Gasteiger charge is -2.36. The zero-order valence-corrected chi connectivity index (χ0v) is 18.9. The molecule has 0 atom stereocenters. The van der Waals surface area contributed by atoms with Crippen LogP contribution in [0, 0.1) is 6.92 Å². The Bertz CT molecular complexity index is 1510. The molecule has 1 aliphatic rings. The molecular formula is C25H23F2N5O3. The highest BCUT2D eigenvalue weighted by Gasteiger charge is 2.34. The van der Waals surface area contributed by atoms with E-state index in [0.29, 0.717) is 22.8 Å². The normalized spacial score (nSPS) is 15.1. The standard InChI is InChI=1S/C25H23F2N5O3/c1-15-20-10-17(6-9-21(20)29-30(15)2)31-13-22-23(11-19(12-28-22)35-14-24(26)27)32(25(31)33)16-4-7-18(34-3)8-5-16/h4-12,24H,13-14H2,1-3H3/i3D3. The number of hydrogen-bond donors (Lipinski definition) is 0. The molecule has 0 unspecified atom stereocenters. The summed E-state index contributed by atoms with van der Waals surface area (Å²) in [6, 6.07) is 12.5. The van der Waals surface area contributed by atoms with Gasteiger partial charge in [0.25, 0.3) is 6.43 Å². The average molecular weight is 483 g/mol. The molecule has 0 saturated heterocycles. The summed E-state index contributed by atoms with van der Waals surface area (Å²) in [7, 11) is -0.786. The monoisotopic (exact) mass is 482 g/mol. The summed E-state index contributed by atoms with van der Waals surface area (Å²) in [6.45, 7) is 1.25. The van der Waals surface area contributed by atoms with Gasteiger partial charge in [-0.3, -0.25) is 19.5 Å². The van der Waals surface area contributed by atoms with Gasteiger partial charge >= 0.3 is 6.03 Å². The van der Waals surface area contributed by atoms with Gasteiger partial charge in [-0.1, -0.05) is 0 Å². The zero-order chi connectivity index (χ0) is 27.2. The van der Waals surface area contributed by atoms with Crippen LogP contribution in [0.1, 0.15) is 15.5 Å². The minimum atomic E-state index is -2.67. The number of rotatable bonds is 6. The predicted molar refractivity (Wildman–Crippen MR) is 128 cm³/mol. The van der Waals surface area contributed by atoms with Crippen LogP contribution in [0.2, 0.25) is 0 Å². The van der Waals surface area contributed by atoms with Crippen LogP contribution in [0.4, 0.5) is 30.6 Å². The van der Waals surface area contributed by atoms with Crippen molar-refractivity contribution in [3.05, 3.63) is 66.1 Å². The Labute approximate surface area is 204 Å². The number of halogens is 2. The number of amides is 2. The Kier molecular flexibility index (Phi) is 4.84. The minimum Gasteiger partial charge on any atom is -0.497 e. The van der Waals surface area contributed by atoms with Crippen molar-refractivity contribution in [1.82, 2.24) is 14.8 Å². The third-order valence-electron chi connectivity index (χ3n) is 5.91. The van der Waals surface area contributed by atoms with E-state index in [1.54, 1.807) is 15.6 Å². The number of nitrogens with zero attached hydrogens (tertiary/aromatic N) is 5. The van der Waals surface area contributed by atoms with E-state index in [9.17, 15) is 13.6 Å². The maximum absolute atomic E-state index is 13.9. The molecule has 1 aliphatic heterocycles. The van der Waals surface area contributed by atoms with Crippen molar-refractivity contribution in [2.24, 2.45) is 7.05 Å². The molecule has 180 valence electrons. The van der Waals surface area contributed by atoms with Crippen molar-refractivity contribution in [2.45, 2.75) is 19.9 Å². The fourth-order valence-electron chi connectivity index (χ4n) is 4.05. The predicted octanol–water partition coefficient (Wildman–Crippen LogP) is 5.21. The van der Waals surface area contributed by atoms with Crippen LogP contribution in [-0.2, 0) is 13.6 Å². The van der Waals surface area contributed by atoms with E-state index >= 15 is 0 Å². The number of carbonyl (C=O) groups excluding carboxylic acids is 1. The molecule has 5 rings (SSSR count). The number of pyridine rings is 1. The summed E-state index contributed by atoms with van der Waals surface area (Å²) in [5.41, 5.74) is 3.62. The van der Waals surface area contributed by atoms with Crippen LogP contribution >= 0.6 is 0 Å². The molecule has 0 radical (unpaired) electrons. The molecule has 0 bridgehead atoms. The van der Waals surface area contributed by atoms with Crippen LogP contribution in [0.25, 0.3) is 10.9 Å². The number of benzene rings is 2. The second-order valence-corrected chi connectivity index (χ2v) is 8.05. The molecule has 2 amide bonds. The van der Waals surface area contributed by atoms with Crippen LogP contribution in [0.5, 0.6) is 11.5 Å². The van der Waals surface area contributed by atoms with Gasteiger partial charge in [-0.25, -0.2) is 13.6 Å². The third-order valence-corrected chi connectivity index (χ3v) is 5.91. The Morgan fingerprint density at radius 3 is 2.63 bits per heavy atom. The number of urea groups is 1. The van der Waals surface area contributed by atoms with Gasteiger partial charge in [-0.05, 0) is 49.4 Å². The van der Waals surface area contributed by atoms with E-state index in [-0.39, 0.29) is 18.0 Å². The Hall–Kier alpha value is -4.21. The van der Waals surface area contributed by atoms with E-state index < -0.39 is 26.1 Å². The fourth-order valence-corrected chi connectivity index (χ4v) is 4.05. The molecule has 0 saturated carbocycles. The molecule has 2 aromatic heterocycles. The second kappa shape index (κ2) is 8.86. The number of hydrogen-bond acceptors (Lipinski definition) is 5. The van der Waals surface area contributed by atoms with Gasteiger partial charge in [0.15, 0.2) is 0 Å². The van der Waals surface area contributed by atoms with Crippen LogP contribution in [-0.4, -0.2) is 40.9 Å². The average Bonchev–Trinajstić information content (AvgIpc) is 3.15. The maximum atomic E-state index is 13.9. The quantitative estimate of drug-likeness (QED) is 0.377. The summed E-state index contributed by atoms with van der Waals surface area (Å²) in [5.74, 6) is 0.185. The maximum Gasteiger partial charge on any atom is 0.334 e. The van der Waals surface area contributed by atoms with Gasteiger partial charge in [-0.15, -0.1) is 0 Å². The van der Waals surface area contributed by atoms with Crippen LogP contribution < -0.4 is 19.3 Å². The zero-order valence-electron chi connectivity index (χ0n) is 21.9. The highest BCUT2D eigenvalue weighted by molar-refractivity contribution is 6.11. The van der Waals surface area contributed by atoms with Crippen molar-refractivity contribution in [3.8, 4) is 11.5 Å². The first kappa shape index (κ1) is 19.1. The lowest BCUT2D eigenvalue weighted by Crippen LogP contribution is -2.45. The topological polar surface area (TPSA) is 72.7 Å². The Morgan fingerprint density at radius 1 is 1.11 bits per heavy atom. The first-order valence-electron chi connectivity index (χ1n) is 12.2. The molecule has 4 aromatic rings. The van der Waals surface area contributed by atoms with Gasteiger partial charge in [0.05, 0.1) is 46.5 Å². The lowest BCUT2D eigenvalue weighted by molar-refractivity contribution is 0.0817. The number of aromatic nitrogens is 3. The first-order valence-corrected chi connectivity index (χ1v) is 10.7. The number of carbonyl (C=O) groups is 1. The van der Waals surface area contributed by atoms with Crippen molar-refractivity contribution in [2.75, 3.05) is 23.4 Å². The molecule has 0 aliphatic carbocycles. The molecule has 8 nitrogen and oxygen atoms in total. The summed E-state index contributed by atoms with van der Waals surface area (Å²) in [4.78, 5) is 21.3. The van der Waals surface area contributed by atoms with Gasteiger partial charge in [-0.2, -0.15) is 5.10 Å². The van der Waals surface area contributed by atoms with Crippen molar-refractivity contribution in [3.63, 3.8) is 0 Å². The van der Waals surface area contributed by atoms with Crippen molar-refractivity contribution >= 4 is 34.0 Å². The van der Waals surface area contributed by atoms with Crippen LogP contribution in [0.15, 0.2) is 54.7 Å². The molecule has 10 heteroatoms. The van der Waals surface area contributed by atoms with Crippen molar-refractivity contribution in [1.29, 1.82) is 0 Å². The highest BCUT2D eigenvalue weighted by Crippen LogP contribution is 2.39. The first-order chi connectivity index (χ1) is 18.0. The second-order valence-electron chi connectivity index (χ2n) is 8.05.